The largest absolute Gasteiger partial charge is 0.365 e. The summed E-state index contributed by atoms with van der Waals surface area (Å²) >= 11 is 0. The zero-order valence-corrected chi connectivity index (χ0v) is 19.2. The summed E-state index contributed by atoms with van der Waals surface area (Å²) < 4.78 is 0. The number of nitrogens with zero attached hydrogens (tertiary/aromatic N) is 1. The van der Waals surface area contributed by atoms with E-state index in [1.165, 1.54) is 5.56 Å². The Kier molecular flexibility index (Phi) is 7.55. The highest BCUT2D eigenvalue weighted by atomic mass is 16.2. The molecule has 0 spiro atoms. The molecule has 1 saturated heterocycles. The Morgan fingerprint density at radius 3 is 2.53 bits per heavy atom. The minimum atomic E-state index is -0.380. The standard InChI is InChI=1S/C24H39N5O/c1-6-18-7-8-22-19(13-18)14-21(24(30)27-17(5)25)23(28-22)29-11-9-20(10-12-29)26-16(4)15(2)3/h7-8,13-17,20,23,26,28H,6,9-12,25H2,1-5H3,(H,27,30). The maximum absolute atomic E-state index is 13.0. The molecule has 3 atom stereocenters. The summed E-state index contributed by atoms with van der Waals surface area (Å²) in [6, 6.07) is 7.51. The van der Waals surface area contributed by atoms with Crippen molar-refractivity contribution >= 4 is 17.7 Å². The highest BCUT2D eigenvalue weighted by Crippen LogP contribution is 2.31. The molecule has 30 heavy (non-hydrogen) atoms. The first-order chi connectivity index (χ1) is 14.3. The Balaban J connectivity index is 1.77. The molecule has 0 radical (unpaired) electrons. The van der Waals surface area contributed by atoms with Crippen LogP contribution in [-0.4, -0.2) is 48.3 Å². The van der Waals surface area contributed by atoms with Crippen LogP contribution >= 0.6 is 0 Å². The van der Waals surface area contributed by atoms with Crippen LogP contribution in [-0.2, 0) is 11.2 Å². The number of anilines is 1. The van der Waals surface area contributed by atoms with Crippen LogP contribution in [0, 0.1) is 5.92 Å². The Labute approximate surface area is 181 Å². The van der Waals surface area contributed by atoms with Gasteiger partial charge in [0.15, 0.2) is 0 Å². The van der Waals surface area contributed by atoms with Crippen LogP contribution in [0.3, 0.4) is 0 Å². The van der Waals surface area contributed by atoms with E-state index in [0.29, 0.717) is 18.0 Å². The number of nitrogens with one attached hydrogen (secondary N) is 3. The molecule has 6 nitrogen and oxygen atoms in total. The fraction of sp³-hybridized carbons (Fsp3) is 0.625. The second-order valence-corrected chi connectivity index (χ2v) is 9.19. The van der Waals surface area contributed by atoms with Crippen LogP contribution in [0.25, 0.3) is 6.08 Å². The lowest BCUT2D eigenvalue weighted by Crippen LogP contribution is -2.54. The molecular weight excluding hydrogens is 374 g/mol. The van der Waals surface area contributed by atoms with Gasteiger partial charge in [-0.05, 0) is 68.4 Å². The molecular formula is C24H39N5O. The first kappa shape index (κ1) is 22.8. The molecule has 2 aliphatic heterocycles. The smallest absolute Gasteiger partial charge is 0.251 e. The van der Waals surface area contributed by atoms with Gasteiger partial charge in [-0.25, -0.2) is 0 Å². The Morgan fingerprint density at radius 1 is 1.23 bits per heavy atom. The van der Waals surface area contributed by atoms with E-state index in [2.05, 4.69) is 66.7 Å². The summed E-state index contributed by atoms with van der Waals surface area (Å²) in [6.07, 6.45) is 4.67. The Bertz CT molecular complexity index is 765. The van der Waals surface area contributed by atoms with E-state index >= 15 is 0 Å². The summed E-state index contributed by atoms with van der Waals surface area (Å²) in [6.45, 7) is 12.6. The molecule has 2 heterocycles. The van der Waals surface area contributed by atoms with Crippen molar-refractivity contribution in [2.75, 3.05) is 18.4 Å². The van der Waals surface area contributed by atoms with Crippen molar-refractivity contribution in [1.29, 1.82) is 0 Å². The average Bonchev–Trinajstić information content (AvgIpc) is 2.72. The van der Waals surface area contributed by atoms with Crippen molar-refractivity contribution in [3.63, 3.8) is 0 Å². The van der Waals surface area contributed by atoms with Gasteiger partial charge in [0.25, 0.3) is 5.91 Å². The fourth-order valence-corrected chi connectivity index (χ4v) is 4.21. The van der Waals surface area contributed by atoms with Crippen molar-refractivity contribution in [3.05, 3.63) is 34.9 Å². The van der Waals surface area contributed by atoms with Gasteiger partial charge in [0.1, 0.15) is 6.17 Å². The predicted octanol–water partition coefficient (Wildman–Crippen LogP) is 2.90. The van der Waals surface area contributed by atoms with Gasteiger partial charge < -0.3 is 21.7 Å². The van der Waals surface area contributed by atoms with E-state index in [9.17, 15) is 4.79 Å². The third kappa shape index (κ3) is 5.42. The molecule has 0 aromatic heterocycles. The molecule has 1 aromatic carbocycles. The minimum absolute atomic E-state index is 0.0938. The number of carbonyl (C=O) groups excluding carboxylic acids is 1. The summed E-state index contributed by atoms with van der Waals surface area (Å²) in [5.41, 5.74) is 10.0. The highest BCUT2D eigenvalue weighted by Gasteiger charge is 2.33. The van der Waals surface area contributed by atoms with Crippen LogP contribution in [0.15, 0.2) is 23.8 Å². The molecule has 166 valence electrons. The van der Waals surface area contributed by atoms with E-state index in [-0.39, 0.29) is 18.2 Å². The third-order valence-electron chi connectivity index (χ3n) is 6.44. The van der Waals surface area contributed by atoms with E-state index in [4.69, 9.17) is 5.73 Å². The van der Waals surface area contributed by atoms with E-state index in [0.717, 1.165) is 49.2 Å². The number of nitrogens with two attached hydrogens (primary N) is 1. The van der Waals surface area contributed by atoms with Crippen molar-refractivity contribution in [3.8, 4) is 0 Å². The van der Waals surface area contributed by atoms with Crippen molar-refractivity contribution in [2.45, 2.75) is 78.3 Å². The SMILES string of the molecule is CCc1ccc2c(c1)C=C(C(=O)NC(C)N)C(N1CCC(NC(C)C(C)C)CC1)N2. The first-order valence-corrected chi connectivity index (χ1v) is 11.5. The molecule has 2 aliphatic rings. The van der Waals surface area contributed by atoms with Gasteiger partial charge >= 0.3 is 0 Å². The zero-order chi connectivity index (χ0) is 21.8. The van der Waals surface area contributed by atoms with Gasteiger partial charge in [0, 0.05) is 30.9 Å². The topological polar surface area (TPSA) is 82.4 Å². The van der Waals surface area contributed by atoms with Crippen molar-refractivity contribution in [2.24, 2.45) is 11.7 Å². The van der Waals surface area contributed by atoms with E-state index in [1.54, 1.807) is 6.92 Å². The summed E-state index contributed by atoms with van der Waals surface area (Å²) in [5, 5.41) is 10.3. The van der Waals surface area contributed by atoms with Gasteiger partial charge in [-0.3, -0.25) is 9.69 Å². The number of likely N-dealkylation sites (tertiary alicyclic amines) is 1. The van der Waals surface area contributed by atoms with E-state index in [1.807, 2.05) is 6.08 Å². The quantitative estimate of drug-likeness (QED) is 0.517. The molecule has 6 heteroatoms. The molecule has 1 aromatic rings. The van der Waals surface area contributed by atoms with Gasteiger partial charge in [-0.2, -0.15) is 0 Å². The lowest BCUT2D eigenvalue weighted by molar-refractivity contribution is -0.118. The molecule has 1 fully saturated rings. The fourth-order valence-electron chi connectivity index (χ4n) is 4.21. The van der Waals surface area contributed by atoms with Crippen molar-refractivity contribution < 1.29 is 4.79 Å². The number of carbonyl (C=O) groups is 1. The zero-order valence-electron chi connectivity index (χ0n) is 19.2. The second-order valence-electron chi connectivity index (χ2n) is 9.19. The lowest BCUT2D eigenvalue weighted by Gasteiger charge is -2.41. The molecule has 1 amide bonds. The summed E-state index contributed by atoms with van der Waals surface area (Å²) in [5.74, 6) is 0.535. The molecule has 5 N–H and O–H groups in total. The maximum Gasteiger partial charge on any atom is 0.251 e. The van der Waals surface area contributed by atoms with Crippen LogP contribution in [0.4, 0.5) is 5.69 Å². The van der Waals surface area contributed by atoms with Gasteiger partial charge in [0.05, 0.1) is 11.7 Å². The van der Waals surface area contributed by atoms with Gasteiger partial charge in [0.2, 0.25) is 0 Å². The monoisotopic (exact) mass is 413 g/mol. The number of rotatable bonds is 7. The maximum atomic E-state index is 13.0. The summed E-state index contributed by atoms with van der Waals surface area (Å²) in [4.78, 5) is 15.4. The Hall–Kier alpha value is -1.89. The normalized spacial score (nSPS) is 22.1. The molecule has 0 aliphatic carbocycles. The van der Waals surface area contributed by atoms with Gasteiger partial charge in [-0.15, -0.1) is 0 Å². The highest BCUT2D eigenvalue weighted by molar-refractivity contribution is 6.01. The number of piperidine rings is 1. The number of fused-ring (bicyclic) bond motifs is 1. The number of benzene rings is 1. The summed E-state index contributed by atoms with van der Waals surface area (Å²) in [7, 11) is 0. The number of hydrogen-bond donors (Lipinski definition) is 4. The number of amides is 1. The van der Waals surface area contributed by atoms with Crippen LogP contribution in [0.5, 0.6) is 0 Å². The lowest BCUT2D eigenvalue weighted by atomic mass is 9.95. The minimum Gasteiger partial charge on any atom is -0.365 e. The Morgan fingerprint density at radius 2 is 1.93 bits per heavy atom. The van der Waals surface area contributed by atoms with Gasteiger partial charge in [-0.1, -0.05) is 26.8 Å². The average molecular weight is 414 g/mol. The third-order valence-corrected chi connectivity index (χ3v) is 6.44. The first-order valence-electron chi connectivity index (χ1n) is 11.5. The molecule has 3 unspecified atom stereocenters. The van der Waals surface area contributed by atoms with E-state index < -0.39 is 0 Å². The number of hydrogen-bond acceptors (Lipinski definition) is 5. The molecule has 0 saturated carbocycles. The molecule has 0 bridgehead atoms. The van der Waals surface area contributed by atoms with Crippen LogP contribution < -0.4 is 21.7 Å². The van der Waals surface area contributed by atoms with Crippen LogP contribution in [0.2, 0.25) is 0 Å². The molecule has 3 rings (SSSR count). The van der Waals surface area contributed by atoms with Crippen molar-refractivity contribution in [1.82, 2.24) is 15.5 Å². The predicted molar refractivity (Wildman–Crippen MR) is 125 cm³/mol. The van der Waals surface area contributed by atoms with Crippen LogP contribution in [0.1, 0.15) is 58.6 Å². The number of aryl methyl sites for hydroxylation is 1. The second kappa shape index (κ2) is 9.94.